The smallest absolute Gasteiger partial charge is 0.227 e. The van der Waals surface area contributed by atoms with E-state index in [0.29, 0.717) is 17.9 Å². The number of nitrogens with zero attached hydrogens (tertiary/aromatic N) is 3. The molecule has 1 saturated heterocycles. The molecule has 0 aliphatic carbocycles. The van der Waals surface area contributed by atoms with Gasteiger partial charge < -0.3 is 9.42 Å². The lowest BCUT2D eigenvalue weighted by molar-refractivity contribution is -0.134. The Labute approximate surface area is 162 Å². The highest BCUT2D eigenvalue weighted by molar-refractivity contribution is 5.80. The first-order valence-corrected chi connectivity index (χ1v) is 9.55. The van der Waals surface area contributed by atoms with Crippen molar-refractivity contribution in [2.24, 2.45) is 0 Å². The molecule has 0 radical (unpaired) electrons. The van der Waals surface area contributed by atoms with Crippen LogP contribution in [0.15, 0.2) is 35.0 Å². The van der Waals surface area contributed by atoms with Crippen molar-refractivity contribution >= 4 is 5.91 Å². The molecule has 3 aromatic rings. The lowest BCUT2D eigenvalue weighted by Crippen LogP contribution is -2.39. The molecule has 0 unspecified atom stereocenters. The van der Waals surface area contributed by atoms with Crippen molar-refractivity contribution in [3.05, 3.63) is 58.8 Å². The predicted octanol–water partition coefficient (Wildman–Crippen LogP) is 4.12. The molecular formula is C21H23FN4O2. The van der Waals surface area contributed by atoms with Gasteiger partial charge in [-0.05, 0) is 44.7 Å². The summed E-state index contributed by atoms with van der Waals surface area (Å²) < 4.78 is 19.5. The highest BCUT2D eigenvalue weighted by Gasteiger charge is 2.32. The molecule has 1 N–H and O–H groups in total. The number of aromatic nitrogens is 3. The fraction of sp³-hybridized carbons (Fsp3) is 0.381. The van der Waals surface area contributed by atoms with E-state index in [4.69, 9.17) is 4.52 Å². The summed E-state index contributed by atoms with van der Waals surface area (Å²) in [7, 11) is 0. The molecule has 4 rings (SSSR count). The van der Waals surface area contributed by atoms with Crippen LogP contribution in [0.1, 0.15) is 47.8 Å². The third kappa shape index (κ3) is 3.32. The standard InChI is InChI=1S/C21H23FN4O2/c1-13-14(2)25-28-21(13)16-12-23-24-20(16)18-9-5-6-10-26(18)19(27)11-15-7-3-4-8-17(15)22/h3-4,7-8,12,18H,5-6,9-11H2,1-2H3,(H,23,24)/t18-/m0/s1. The molecule has 146 valence electrons. The van der Waals surface area contributed by atoms with Crippen LogP contribution in [0.4, 0.5) is 4.39 Å². The van der Waals surface area contributed by atoms with Crippen LogP contribution in [-0.4, -0.2) is 32.7 Å². The maximum Gasteiger partial charge on any atom is 0.227 e. The summed E-state index contributed by atoms with van der Waals surface area (Å²) in [6, 6.07) is 6.29. The van der Waals surface area contributed by atoms with Crippen molar-refractivity contribution in [3.63, 3.8) is 0 Å². The Balaban J connectivity index is 1.64. The molecule has 28 heavy (non-hydrogen) atoms. The van der Waals surface area contributed by atoms with Gasteiger partial charge in [0, 0.05) is 12.1 Å². The molecule has 0 spiro atoms. The summed E-state index contributed by atoms with van der Waals surface area (Å²) in [5.41, 5.74) is 3.89. The highest BCUT2D eigenvalue weighted by atomic mass is 19.1. The number of benzene rings is 1. The van der Waals surface area contributed by atoms with Gasteiger partial charge in [-0.2, -0.15) is 5.10 Å². The topological polar surface area (TPSA) is 75.0 Å². The summed E-state index contributed by atoms with van der Waals surface area (Å²) in [5, 5.41) is 11.3. The number of likely N-dealkylation sites (tertiary alicyclic amines) is 1. The summed E-state index contributed by atoms with van der Waals surface area (Å²) >= 11 is 0. The van der Waals surface area contributed by atoms with Crippen LogP contribution in [0.5, 0.6) is 0 Å². The lowest BCUT2D eigenvalue weighted by atomic mass is 9.94. The van der Waals surface area contributed by atoms with Crippen LogP contribution in [0.3, 0.4) is 0 Å². The van der Waals surface area contributed by atoms with Crippen molar-refractivity contribution in [2.45, 2.75) is 45.6 Å². The normalized spacial score (nSPS) is 17.1. The fourth-order valence-corrected chi connectivity index (χ4v) is 3.83. The lowest BCUT2D eigenvalue weighted by Gasteiger charge is -2.35. The largest absolute Gasteiger partial charge is 0.356 e. The molecular weight excluding hydrogens is 359 g/mol. The number of piperidine rings is 1. The van der Waals surface area contributed by atoms with Gasteiger partial charge in [0.25, 0.3) is 0 Å². The molecule has 1 amide bonds. The van der Waals surface area contributed by atoms with E-state index >= 15 is 0 Å². The number of aryl methyl sites for hydroxylation is 1. The molecule has 1 aromatic carbocycles. The zero-order chi connectivity index (χ0) is 19.7. The Morgan fingerprint density at radius 1 is 1.32 bits per heavy atom. The number of hydrogen-bond acceptors (Lipinski definition) is 4. The third-order valence-electron chi connectivity index (χ3n) is 5.53. The number of carbonyl (C=O) groups is 1. The maximum atomic E-state index is 14.0. The zero-order valence-corrected chi connectivity index (χ0v) is 16.0. The van der Waals surface area contributed by atoms with Gasteiger partial charge in [-0.1, -0.05) is 23.4 Å². The Bertz CT molecular complexity index is 994. The summed E-state index contributed by atoms with van der Waals surface area (Å²) in [4.78, 5) is 14.9. The van der Waals surface area contributed by atoms with Gasteiger partial charge in [-0.15, -0.1) is 0 Å². The predicted molar refractivity (Wildman–Crippen MR) is 102 cm³/mol. The van der Waals surface area contributed by atoms with E-state index in [1.54, 1.807) is 24.4 Å². The Kier molecular flexibility index (Phi) is 4.98. The SMILES string of the molecule is Cc1noc(-c2cn[nH]c2[C@@H]2CCCCN2C(=O)Cc2ccccc2F)c1C. The third-order valence-corrected chi connectivity index (χ3v) is 5.53. The zero-order valence-electron chi connectivity index (χ0n) is 16.0. The van der Waals surface area contributed by atoms with Gasteiger partial charge >= 0.3 is 0 Å². The molecule has 1 aliphatic rings. The van der Waals surface area contributed by atoms with Crippen molar-refractivity contribution in [3.8, 4) is 11.3 Å². The van der Waals surface area contributed by atoms with Gasteiger partial charge in [0.15, 0.2) is 5.76 Å². The second-order valence-corrected chi connectivity index (χ2v) is 7.29. The first-order valence-electron chi connectivity index (χ1n) is 9.55. The molecule has 1 fully saturated rings. The van der Waals surface area contributed by atoms with Gasteiger partial charge in [0.05, 0.1) is 35.6 Å². The number of amides is 1. The van der Waals surface area contributed by atoms with Crippen molar-refractivity contribution in [1.29, 1.82) is 0 Å². The van der Waals surface area contributed by atoms with E-state index in [1.807, 2.05) is 18.7 Å². The van der Waals surface area contributed by atoms with Crippen molar-refractivity contribution in [2.75, 3.05) is 6.54 Å². The van der Waals surface area contributed by atoms with E-state index in [9.17, 15) is 9.18 Å². The minimum atomic E-state index is -0.348. The summed E-state index contributed by atoms with van der Waals surface area (Å²) in [6.45, 7) is 4.50. The highest BCUT2D eigenvalue weighted by Crippen LogP contribution is 2.37. The van der Waals surface area contributed by atoms with E-state index in [0.717, 1.165) is 41.8 Å². The second-order valence-electron chi connectivity index (χ2n) is 7.29. The molecule has 1 atom stereocenters. The number of H-pyrrole nitrogens is 1. The van der Waals surface area contributed by atoms with E-state index < -0.39 is 0 Å². The number of aromatic amines is 1. The Morgan fingerprint density at radius 3 is 2.89 bits per heavy atom. The van der Waals surface area contributed by atoms with Crippen LogP contribution in [0, 0.1) is 19.7 Å². The molecule has 6 nitrogen and oxygen atoms in total. The average molecular weight is 382 g/mol. The van der Waals surface area contributed by atoms with Crippen LogP contribution in [-0.2, 0) is 11.2 Å². The first kappa shape index (κ1) is 18.4. The maximum absolute atomic E-state index is 14.0. The minimum Gasteiger partial charge on any atom is -0.356 e. The van der Waals surface area contributed by atoms with Crippen LogP contribution in [0.25, 0.3) is 11.3 Å². The van der Waals surface area contributed by atoms with E-state index in [1.165, 1.54) is 6.07 Å². The van der Waals surface area contributed by atoms with Gasteiger partial charge in [-0.25, -0.2) is 4.39 Å². The molecule has 0 saturated carbocycles. The molecule has 3 heterocycles. The average Bonchev–Trinajstić information content (AvgIpc) is 3.30. The fourth-order valence-electron chi connectivity index (χ4n) is 3.83. The number of nitrogens with one attached hydrogen (secondary N) is 1. The molecule has 1 aliphatic heterocycles. The van der Waals surface area contributed by atoms with Crippen molar-refractivity contribution in [1.82, 2.24) is 20.3 Å². The Morgan fingerprint density at radius 2 is 2.14 bits per heavy atom. The van der Waals surface area contributed by atoms with E-state index in [-0.39, 0.29) is 24.2 Å². The van der Waals surface area contributed by atoms with Gasteiger partial charge in [0.2, 0.25) is 5.91 Å². The van der Waals surface area contributed by atoms with Crippen LogP contribution >= 0.6 is 0 Å². The molecule has 7 heteroatoms. The number of hydrogen-bond donors (Lipinski definition) is 1. The second kappa shape index (κ2) is 7.58. The minimum absolute atomic E-state index is 0.0487. The monoisotopic (exact) mass is 382 g/mol. The first-order chi connectivity index (χ1) is 13.6. The number of carbonyl (C=O) groups excluding carboxylic acids is 1. The Hall–Kier alpha value is -2.96. The summed E-state index contributed by atoms with van der Waals surface area (Å²) in [6.07, 6.45) is 4.54. The van der Waals surface area contributed by atoms with E-state index in [2.05, 4.69) is 15.4 Å². The van der Waals surface area contributed by atoms with Crippen LogP contribution in [0.2, 0.25) is 0 Å². The number of rotatable bonds is 4. The number of halogens is 1. The molecule has 2 aromatic heterocycles. The van der Waals surface area contributed by atoms with Crippen molar-refractivity contribution < 1.29 is 13.7 Å². The quantitative estimate of drug-likeness (QED) is 0.737. The molecule has 0 bridgehead atoms. The van der Waals surface area contributed by atoms with Gasteiger partial charge in [-0.3, -0.25) is 9.89 Å². The van der Waals surface area contributed by atoms with Crippen LogP contribution < -0.4 is 0 Å². The van der Waals surface area contributed by atoms with Gasteiger partial charge in [0.1, 0.15) is 5.82 Å². The summed E-state index contributed by atoms with van der Waals surface area (Å²) in [5.74, 6) is 0.244.